The van der Waals surface area contributed by atoms with Gasteiger partial charge in [0.15, 0.2) is 0 Å². The van der Waals surface area contributed by atoms with Gasteiger partial charge in [-0.25, -0.2) is 0 Å². The zero-order chi connectivity index (χ0) is 17.6. The van der Waals surface area contributed by atoms with Crippen LogP contribution >= 0.6 is 11.8 Å². The van der Waals surface area contributed by atoms with E-state index in [0.29, 0.717) is 17.2 Å². The van der Waals surface area contributed by atoms with Crippen molar-refractivity contribution >= 4 is 17.7 Å². The molecule has 1 amide bonds. The molecular weight excluding hydrogens is 334 g/mol. The largest absolute Gasteiger partial charge is 0.411 e. The smallest absolute Gasteiger partial charge is 0.277 e. The van der Waals surface area contributed by atoms with Crippen molar-refractivity contribution in [2.24, 2.45) is 0 Å². The summed E-state index contributed by atoms with van der Waals surface area (Å²) >= 11 is 1.31. The van der Waals surface area contributed by atoms with E-state index >= 15 is 0 Å². The summed E-state index contributed by atoms with van der Waals surface area (Å²) in [5, 5.41) is 11.5. The molecule has 25 heavy (non-hydrogen) atoms. The number of benzene rings is 1. The normalized spacial score (nSPS) is 17.0. The highest BCUT2D eigenvalue weighted by Crippen LogP contribution is 2.27. The Hall–Kier alpha value is -1.82. The molecule has 1 aliphatic rings. The fourth-order valence-electron chi connectivity index (χ4n) is 3.10. The standard InChI is InChI=1S/C19H25N3O2S/c1-13-8-7-9-15(12-13)18-21-22-19(24-18)25-14(2)17(23)20-16-10-5-3-4-6-11-16/h7-9,12,14,16H,3-6,10-11H2,1-2H3,(H,20,23)/t14-/m0/s1. The summed E-state index contributed by atoms with van der Waals surface area (Å²) in [4.78, 5) is 12.4. The topological polar surface area (TPSA) is 68.0 Å². The summed E-state index contributed by atoms with van der Waals surface area (Å²) < 4.78 is 5.72. The van der Waals surface area contributed by atoms with Gasteiger partial charge in [-0.05, 0) is 38.8 Å². The molecule has 0 bridgehead atoms. The lowest BCUT2D eigenvalue weighted by atomic mass is 10.1. The van der Waals surface area contributed by atoms with Crippen LogP contribution in [-0.2, 0) is 4.79 Å². The Labute approximate surface area is 153 Å². The van der Waals surface area contributed by atoms with E-state index in [4.69, 9.17) is 4.42 Å². The number of hydrogen-bond acceptors (Lipinski definition) is 5. The molecule has 1 fully saturated rings. The van der Waals surface area contributed by atoms with E-state index in [1.165, 1.54) is 37.4 Å². The molecule has 0 radical (unpaired) electrons. The van der Waals surface area contributed by atoms with Gasteiger partial charge < -0.3 is 9.73 Å². The molecule has 0 spiro atoms. The van der Waals surface area contributed by atoms with E-state index < -0.39 is 0 Å². The zero-order valence-corrected chi connectivity index (χ0v) is 15.6. The van der Waals surface area contributed by atoms with Crippen LogP contribution in [0.25, 0.3) is 11.5 Å². The van der Waals surface area contributed by atoms with Gasteiger partial charge in [0.05, 0.1) is 5.25 Å². The first-order valence-electron chi connectivity index (χ1n) is 8.99. The molecule has 0 unspecified atom stereocenters. The summed E-state index contributed by atoms with van der Waals surface area (Å²) in [5.74, 6) is 0.537. The Kier molecular flexibility index (Phi) is 6.13. The van der Waals surface area contributed by atoms with Gasteiger partial charge in [0, 0.05) is 11.6 Å². The van der Waals surface area contributed by atoms with E-state index in [2.05, 4.69) is 15.5 Å². The second-order valence-electron chi connectivity index (χ2n) is 6.70. The average molecular weight is 359 g/mol. The van der Waals surface area contributed by atoms with Crippen LogP contribution in [0, 0.1) is 6.92 Å². The monoisotopic (exact) mass is 359 g/mol. The Morgan fingerprint density at radius 3 is 2.72 bits per heavy atom. The fourth-order valence-corrected chi connectivity index (χ4v) is 3.79. The summed E-state index contributed by atoms with van der Waals surface area (Å²) in [6.07, 6.45) is 7.13. The lowest BCUT2D eigenvalue weighted by Gasteiger charge is -2.18. The maximum atomic E-state index is 12.4. The van der Waals surface area contributed by atoms with Crippen molar-refractivity contribution in [2.75, 3.05) is 0 Å². The Bertz CT molecular complexity index is 708. The third-order valence-corrected chi connectivity index (χ3v) is 5.45. The second kappa shape index (κ2) is 8.52. The Morgan fingerprint density at radius 1 is 1.24 bits per heavy atom. The third-order valence-electron chi connectivity index (χ3n) is 4.52. The number of hydrogen-bond donors (Lipinski definition) is 1. The van der Waals surface area contributed by atoms with Gasteiger partial charge in [-0.2, -0.15) is 0 Å². The van der Waals surface area contributed by atoms with Gasteiger partial charge in [-0.1, -0.05) is 55.1 Å². The molecule has 5 nitrogen and oxygen atoms in total. The molecular formula is C19H25N3O2S. The first kappa shape index (κ1) is 18.0. The minimum atomic E-state index is -0.255. The van der Waals surface area contributed by atoms with Crippen LogP contribution in [0.2, 0.25) is 0 Å². The van der Waals surface area contributed by atoms with Crippen LogP contribution in [0.1, 0.15) is 51.0 Å². The zero-order valence-electron chi connectivity index (χ0n) is 14.8. The van der Waals surface area contributed by atoms with Crippen LogP contribution < -0.4 is 5.32 Å². The molecule has 2 aromatic rings. The first-order chi connectivity index (χ1) is 12.1. The maximum Gasteiger partial charge on any atom is 0.277 e. The number of carbonyl (C=O) groups is 1. The number of nitrogens with zero attached hydrogens (tertiary/aromatic N) is 2. The predicted octanol–water partition coefficient (Wildman–Crippen LogP) is 4.36. The van der Waals surface area contributed by atoms with Gasteiger partial charge in [-0.3, -0.25) is 4.79 Å². The third kappa shape index (κ3) is 5.08. The molecule has 1 aromatic heterocycles. The van der Waals surface area contributed by atoms with Gasteiger partial charge in [0.2, 0.25) is 11.8 Å². The van der Waals surface area contributed by atoms with Crippen molar-refractivity contribution in [3.8, 4) is 11.5 Å². The van der Waals surface area contributed by atoms with Crippen molar-refractivity contribution in [1.29, 1.82) is 0 Å². The second-order valence-corrected chi connectivity index (χ2v) is 7.99. The number of aryl methyl sites for hydroxylation is 1. The van der Waals surface area contributed by atoms with Crippen molar-refractivity contribution in [1.82, 2.24) is 15.5 Å². The van der Waals surface area contributed by atoms with Crippen LogP contribution in [0.4, 0.5) is 0 Å². The van der Waals surface area contributed by atoms with Crippen molar-refractivity contribution in [3.05, 3.63) is 29.8 Å². The van der Waals surface area contributed by atoms with E-state index in [1.54, 1.807) is 0 Å². The first-order valence-corrected chi connectivity index (χ1v) is 9.87. The van der Waals surface area contributed by atoms with Crippen LogP contribution in [0.15, 0.2) is 33.9 Å². The number of thioether (sulfide) groups is 1. The number of nitrogens with one attached hydrogen (secondary N) is 1. The van der Waals surface area contributed by atoms with Gasteiger partial charge in [-0.15, -0.1) is 10.2 Å². The molecule has 0 saturated heterocycles. The quantitative estimate of drug-likeness (QED) is 0.634. The highest BCUT2D eigenvalue weighted by atomic mass is 32.2. The van der Waals surface area contributed by atoms with Crippen LogP contribution in [0.3, 0.4) is 0 Å². The Morgan fingerprint density at radius 2 is 2.00 bits per heavy atom. The Balaban J connectivity index is 1.57. The molecule has 134 valence electrons. The van der Waals surface area contributed by atoms with Crippen LogP contribution in [0.5, 0.6) is 0 Å². The lowest BCUT2D eigenvalue weighted by molar-refractivity contribution is -0.121. The number of carbonyl (C=O) groups excluding carboxylic acids is 1. The highest BCUT2D eigenvalue weighted by molar-refractivity contribution is 8.00. The lowest BCUT2D eigenvalue weighted by Crippen LogP contribution is -2.39. The minimum Gasteiger partial charge on any atom is -0.411 e. The van der Waals surface area contributed by atoms with Gasteiger partial charge in [0.25, 0.3) is 5.22 Å². The highest BCUT2D eigenvalue weighted by Gasteiger charge is 2.22. The fraction of sp³-hybridized carbons (Fsp3) is 0.526. The van der Waals surface area contributed by atoms with Gasteiger partial charge >= 0.3 is 0 Å². The average Bonchev–Trinajstić information content (AvgIpc) is 2.91. The number of aromatic nitrogens is 2. The van der Waals surface area contributed by atoms with Crippen molar-refractivity contribution < 1.29 is 9.21 Å². The molecule has 1 heterocycles. The van der Waals surface area contributed by atoms with Crippen molar-refractivity contribution in [2.45, 2.75) is 68.9 Å². The van der Waals surface area contributed by atoms with E-state index in [9.17, 15) is 4.79 Å². The molecule has 1 atom stereocenters. The van der Waals surface area contributed by atoms with Crippen molar-refractivity contribution in [3.63, 3.8) is 0 Å². The van der Waals surface area contributed by atoms with E-state index in [0.717, 1.165) is 24.0 Å². The molecule has 3 rings (SSSR count). The van der Waals surface area contributed by atoms with E-state index in [1.807, 2.05) is 38.1 Å². The molecule has 1 N–H and O–H groups in total. The summed E-state index contributed by atoms with van der Waals surface area (Å²) in [5.41, 5.74) is 2.04. The molecule has 0 aliphatic heterocycles. The maximum absolute atomic E-state index is 12.4. The molecule has 1 saturated carbocycles. The number of rotatable bonds is 5. The van der Waals surface area contributed by atoms with Gasteiger partial charge in [0.1, 0.15) is 0 Å². The number of amides is 1. The summed E-state index contributed by atoms with van der Waals surface area (Å²) in [6, 6.07) is 8.24. The molecule has 1 aromatic carbocycles. The minimum absolute atomic E-state index is 0.0483. The SMILES string of the molecule is Cc1cccc(-c2nnc(S[C@@H](C)C(=O)NC3CCCCCC3)o2)c1. The predicted molar refractivity (Wildman–Crippen MR) is 99.4 cm³/mol. The van der Waals surface area contributed by atoms with E-state index in [-0.39, 0.29) is 11.2 Å². The molecule has 1 aliphatic carbocycles. The molecule has 6 heteroatoms. The summed E-state index contributed by atoms with van der Waals surface area (Å²) in [6.45, 7) is 3.91. The van der Waals surface area contributed by atoms with Crippen LogP contribution in [-0.4, -0.2) is 27.4 Å². The summed E-state index contributed by atoms with van der Waals surface area (Å²) in [7, 11) is 0.